The highest BCUT2D eigenvalue weighted by Crippen LogP contribution is 2.24. The molecule has 1 unspecified atom stereocenters. The number of nitrogens with zero attached hydrogens (tertiary/aromatic N) is 2. The number of hydrogen-bond donors (Lipinski definition) is 2. The first-order valence-corrected chi connectivity index (χ1v) is 9.87. The smallest absolute Gasteiger partial charge is 0.260 e. The normalized spacial score (nSPS) is 19.6. The van der Waals surface area contributed by atoms with Gasteiger partial charge in [0.05, 0.1) is 5.92 Å². The fourth-order valence-corrected chi connectivity index (χ4v) is 3.64. The van der Waals surface area contributed by atoms with Crippen LogP contribution in [0, 0.1) is 5.92 Å². The predicted molar refractivity (Wildman–Crippen MR) is 105 cm³/mol. The number of ether oxygens (including phenoxy) is 1. The number of anilines is 1. The van der Waals surface area contributed by atoms with E-state index in [1.807, 2.05) is 12.1 Å². The number of nitrogens with two attached hydrogens (primary N) is 1. The second-order valence-electron chi connectivity index (χ2n) is 7.19. The Kier molecular flexibility index (Phi) is 6.86. The van der Waals surface area contributed by atoms with Gasteiger partial charge in [-0.05, 0) is 43.5 Å². The molecule has 8 nitrogen and oxygen atoms in total. The maximum atomic E-state index is 12.5. The fraction of sp³-hybridized carbons (Fsp3) is 0.550. The molecule has 2 saturated heterocycles. The largest absolute Gasteiger partial charge is 0.484 e. The SMILES string of the molecule is NCCNC(=O)C1CCCN(C(=O)COc2ccc(N3CCCC3=O)cc2)C1. The van der Waals surface area contributed by atoms with E-state index in [-0.39, 0.29) is 30.2 Å². The van der Waals surface area contributed by atoms with Crippen molar-refractivity contribution in [1.82, 2.24) is 10.2 Å². The summed E-state index contributed by atoms with van der Waals surface area (Å²) in [5.41, 5.74) is 6.26. The van der Waals surface area contributed by atoms with E-state index in [1.54, 1.807) is 21.9 Å². The van der Waals surface area contributed by atoms with Crippen molar-refractivity contribution in [3.63, 3.8) is 0 Å². The van der Waals surface area contributed by atoms with E-state index in [2.05, 4.69) is 5.32 Å². The molecule has 3 rings (SSSR count). The molecule has 2 aliphatic heterocycles. The van der Waals surface area contributed by atoms with E-state index in [9.17, 15) is 14.4 Å². The molecule has 0 aliphatic carbocycles. The third kappa shape index (κ3) is 5.01. The molecule has 3 amide bonds. The number of hydrogen-bond acceptors (Lipinski definition) is 5. The Hall–Kier alpha value is -2.61. The number of likely N-dealkylation sites (tertiary alicyclic amines) is 1. The maximum absolute atomic E-state index is 12.5. The lowest BCUT2D eigenvalue weighted by atomic mass is 9.97. The Bertz CT molecular complexity index is 707. The Morgan fingerprint density at radius 2 is 1.96 bits per heavy atom. The van der Waals surface area contributed by atoms with Gasteiger partial charge in [0, 0.05) is 44.8 Å². The van der Waals surface area contributed by atoms with Crippen molar-refractivity contribution >= 4 is 23.4 Å². The molecule has 0 saturated carbocycles. The summed E-state index contributed by atoms with van der Waals surface area (Å²) < 4.78 is 5.61. The van der Waals surface area contributed by atoms with Gasteiger partial charge >= 0.3 is 0 Å². The van der Waals surface area contributed by atoms with Crippen LogP contribution in [-0.4, -0.2) is 62.0 Å². The van der Waals surface area contributed by atoms with Crippen molar-refractivity contribution < 1.29 is 19.1 Å². The summed E-state index contributed by atoms with van der Waals surface area (Å²) in [7, 11) is 0. The molecule has 3 N–H and O–H groups in total. The van der Waals surface area contributed by atoms with Crippen molar-refractivity contribution in [2.24, 2.45) is 11.7 Å². The van der Waals surface area contributed by atoms with Gasteiger partial charge in [-0.25, -0.2) is 0 Å². The zero-order valence-corrected chi connectivity index (χ0v) is 16.1. The standard InChI is InChI=1S/C20H28N4O4/c21-9-10-22-20(27)15-3-1-11-23(13-15)19(26)14-28-17-7-5-16(6-8-17)24-12-2-4-18(24)25/h5-8,15H,1-4,9-14,21H2,(H,22,27). The highest BCUT2D eigenvalue weighted by molar-refractivity contribution is 5.95. The van der Waals surface area contributed by atoms with Gasteiger partial charge in [0.25, 0.3) is 5.91 Å². The van der Waals surface area contributed by atoms with Crippen LogP contribution in [0.2, 0.25) is 0 Å². The lowest BCUT2D eigenvalue weighted by Gasteiger charge is -2.32. The first-order chi connectivity index (χ1) is 13.6. The highest BCUT2D eigenvalue weighted by Gasteiger charge is 2.28. The minimum atomic E-state index is -0.193. The second kappa shape index (κ2) is 9.54. The zero-order valence-electron chi connectivity index (χ0n) is 16.1. The molecule has 1 aromatic rings. The summed E-state index contributed by atoms with van der Waals surface area (Å²) in [5.74, 6) is 0.351. The number of rotatable bonds is 7. The number of amides is 3. The molecule has 1 aromatic carbocycles. The summed E-state index contributed by atoms with van der Waals surface area (Å²) in [5, 5.41) is 2.79. The Labute approximate surface area is 165 Å². The summed E-state index contributed by atoms with van der Waals surface area (Å²) >= 11 is 0. The number of piperidine rings is 1. The van der Waals surface area contributed by atoms with Crippen LogP contribution in [0.1, 0.15) is 25.7 Å². The van der Waals surface area contributed by atoms with Crippen molar-refractivity contribution in [2.75, 3.05) is 44.2 Å². The monoisotopic (exact) mass is 388 g/mol. The van der Waals surface area contributed by atoms with Crippen LogP contribution in [-0.2, 0) is 14.4 Å². The Morgan fingerprint density at radius 3 is 2.64 bits per heavy atom. The van der Waals surface area contributed by atoms with Crippen LogP contribution in [0.3, 0.4) is 0 Å². The van der Waals surface area contributed by atoms with E-state index >= 15 is 0 Å². The first kappa shape index (κ1) is 20.1. The summed E-state index contributed by atoms with van der Waals surface area (Å²) in [6.45, 7) is 2.57. The fourth-order valence-electron chi connectivity index (χ4n) is 3.64. The van der Waals surface area contributed by atoms with E-state index in [4.69, 9.17) is 10.5 Å². The van der Waals surface area contributed by atoms with Gasteiger partial charge in [0.15, 0.2) is 6.61 Å². The molecular formula is C20H28N4O4. The zero-order chi connectivity index (χ0) is 19.9. The van der Waals surface area contributed by atoms with Gasteiger partial charge in [-0.3, -0.25) is 14.4 Å². The van der Waals surface area contributed by atoms with E-state index < -0.39 is 0 Å². The molecule has 2 fully saturated rings. The number of carbonyl (C=O) groups is 3. The molecule has 1 atom stereocenters. The molecule has 8 heteroatoms. The second-order valence-corrected chi connectivity index (χ2v) is 7.19. The first-order valence-electron chi connectivity index (χ1n) is 9.87. The number of carbonyl (C=O) groups excluding carboxylic acids is 3. The number of benzene rings is 1. The topological polar surface area (TPSA) is 105 Å². The molecule has 0 bridgehead atoms. The molecule has 2 aliphatic rings. The minimum Gasteiger partial charge on any atom is -0.484 e. The third-order valence-corrected chi connectivity index (χ3v) is 5.17. The average molecular weight is 388 g/mol. The predicted octanol–water partition coefficient (Wildman–Crippen LogP) is 0.506. The molecule has 28 heavy (non-hydrogen) atoms. The van der Waals surface area contributed by atoms with Crippen molar-refractivity contribution in [1.29, 1.82) is 0 Å². The minimum absolute atomic E-state index is 0.0454. The van der Waals surface area contributed by atoms with Crippen LogP contribution < -0.4 is 20.7 Å². The van der Waals surface area contributed by atoms with Crippen molar-refractivity contribution in [3.8, 4) is 5.75 Å². The maximum Gasteiger partial charge on any atom is 0.260 e. The Morgan fingerprint density at radius 1 is 1.18 bits per heavy atom. The van der Waals surface area contributed by atoms with Crippen LogP contribution in [0.4, 0.5) is 5.69 Å². The van der Waals surface area contributed by atoms with Crippen molar-refractivity contribution in [2.45, 2.75) is 25.7 Å². The quantitative estimate of drug-likeness (QED) is 0.708. The van der Waals surface area contributed by atoms with Gasteiger partial charge in [0.1, 0.15) is 5.75 Å². The Balaban J connectivity index is 1.48. The molecule has 0 radical (unpaired) electrons. The van der Waals surface area contributed by atoms with Crippen molar-refractivity contribution in [3.05, 3.63) is 24.3 Å². The summed E-state index contributed by atoms with van der Waals surface area (Å²) in [6.07, 6.45) is 3.04. The van der Waals surface area contributed by atoms with Crippen LogP contribution in [0.25, 0.3) is 0 Å². The average Bonchev–Trinajstić information content (AvgIpc) is 3.16. The van der Waals surface area contributed by atoms with E-state index in [0.717, 1.165) is 31.5 Å². The summed E-state index contributed by atoms with van der Waals surface area (Å²) in [6, 6.07) is 7.21. The van der Waals surface area contributed by atoms with Crippen LogP contribution >= 0.6 is 0 Å². The van der Waals surface area contributed by atoms with E-state index in [0.29, 0.717) is 38.3 Å². The number of nitrogens with one attached hydrogen (secondary N) is 1. The third-order valence-electron chi connectivity index (χ3n) is 5.17. The molecular weight excluding hydrogens is 360 g/mol. The van der Waals surface area contributed by atoms with E-state index in [1.165, 1.54) is 0 Å². The molecule has 2 heterocycles. The van der Waals surface area contributed by atoms with Gasteiger partial charge in [-0.2, -0.15) is 0 Å². The lowest BCUT2D eigenvalue weighted by molar-refractivity contribution is -0.137. The lowest BCUT2D eigenvalue weighted by Crippen LogP contribution is -2.47. The van der Waals surface area contributed by atoms with Crippen LogP contribution in [0.5, 0.6) is 5.75 Å². The van der Waals surface area contributed by atoms with Gasteiger partial charge in [-0.15, -0.1) is 0 Å². The summed E-state index contributed by atoms with van der Waals surface area (Å²) in [4.78, 5) is 39.8. The van der Waals surface area contributed by atoms with Gasteiger partial charge in [0.2, 0.25) is 11.8 Å². The van der Waals surface area contributed by atoms with Gasteiger partial charge < -0.3 is 25.6 Å². The highest BCUT2D eigenvalue weighted by atomic mass is 16.5. The van der Waals surface area contributed by atoms with Gasteiger partial charge in [-0.1, -0.05) is 0 Å². The molecule has 0 spiro atoms. The van der Waals surface area contributed by atoms with Crippen LogP contribution in [0.15, 0.2) is 24.3 Å². The molecule has 0 aromatic heterocycles. The molecule has 152 valence electrons.